The molecule has 0 radical (unpaired) electrons. The molecule has 0 aromatic heterocycles. The van der Waals surface area contributed by atoms with Crippen molar-refractivity contribution in [3.8, 4) is 0 Å². The Morgan fingerprint density at radius 3 is 2.87 bits per heavy atom. The molecule has 0 unspecified atom stereocenters. The summed E-state index contributed by atoms with van der Waals surface area (Å²) in [6.45, 7) is 1.35. The van der Waals surface area contributed by atoms with Gasteiger partial charge in [-0.15, -0.1) is 0 Å². The molecule has 0 fully saturated rings. The first kappa shape index (κ1) is 10.4. The Morgan fingerprint density at radius 1 is 1.40 bits per heavy atom. The molecule has 1 aliphatic heterocycles. The Kier molecular flexibility index (Phi) is 2.86. The summed E-state index contributed by atoms with van der Waals surface area (Å²) in [6.07, 6.45) is 0. The molecular formula is C11H14N2OS. The van der Waals surface area contributed by atoms with Gasteiger partial charge in [0.2, 0.25) is 0 Å². The van der Waals surface area contributed by atoms with E-state index >= 15 is 0 Å². The number of benzene rings is 1. The number of carbonyl (C=O) groups excluding carboxylic acids is 1. The van der Waals surface area contributed by atoms with Crippen molar-refractivity contribution in [1.82, 2.24) is 4.90 Å². The Hall–Kier alpha value is -1.16. The maximum Gasteiger partial charge on any atom is 0.324 e. The van der Waals surface area contributed by atoms with Gasteiger partial charge in [-0.1, -0.05) is 18.2 Å². The molecule has 3 nitrogen and oxygen atoms in total. The number of fused-ring (bicyclic) bond motifs is 1. The predicted molar refractivity (Wildman–Crippen MR) is 64.5 cm³/mol. The van der Waals surface area contributed by atoms with Crippen LogP contribution in [0.5, 0.6) is 0 Å². The molecule has 1 aliphatic rings. The summed E-state index contributed by atoms with van der Waals surface area (Å²) in [5, 5.41) is 0. The smallest absolute Gasteiger partial charge is 0.323 e. The molecule has 0 aliphatic carbocycles. The summed E-state index contributed by atoms with van der Waals surface area (Å²) >= 11 is 4.18. The van der Waals surface area contributed by atoms with Crippen molar-refractivity contribution in [2.24, 2.45) is 0 Å². The van der Waals surface area contributed by atoms with Crippen LogP contribution in [0.4, 0.5) is 10.5 Å². The fourth-order valence-corrected chi connectivity index (χ4v) is 2.06. The van der Waals surface area contributed by atoms with E-state index in [0.717, 1.165) is 5.69 Å². The number of para-hydroxylation sites is 1. The zero-order valence-corrected chi connectivity index (χ0v) is 9.58. The molecular weight excluding hydrogens is 208 g/mol. The highest BCUT2D eigenvalue weighted by atomic mass is 32.1. The third-order valence-corrected chi connectivity index (χ3v) is 2.77. The van der Waals surface area contributed by atoms with Crippen molar-refractivity contribution in [3.05, 3.63) is 29.8 Å². The van der Waals surface area contributed by atoms with E-state index in [2.05, 4.69) is 18.7 Å². The molecule has 0 saturated carbocycles. The van der Waals surface area contributed by atoms with Gasteiger partial charge in [0.1, 0.15) is 0 Å². The number of anilines is 1. The van der Waals surface area contributed by atoms with Gasteiger partial charge in [0.25, 0.3) is 0 Å². The van der Waals surface area contributed by atoms with E-state index in [1.807, 2.05) is 25.2 Å². The third-order valence-electron chi connectivity index (χ3n) is 2.57. The van der Waals surface area contributed by atoms with Crippen LogP contribution in [-0.2, 0) is 6.54 Å². The number of amides is 2. The van der Waals surface area contributed by atoms with Crippen LogP contribution in [0.1, 0.15) is 5.56 Å². The third kappa shape index (κ3) is 1.81. The zero-order valence-electron chi connectivity index (χ0n) is 8.68. The molecule has 80 valence electrons. The minimum absolute atomic E-state index is 0.0581. The van der Waals surface area contributed by atoms with E-state index in [0.29, 0.717) is 18.8 Å². The minimum Gasteiger partial charge on any atom is -0.323 e. The lowest BCUT2D eigenvalue weighted by molar-refractivity contribution is 0.211. The number of nitrogens with zero attached hydrogens (tertiary/aromatic N) is 2. The van der Waals surface area contributed by atoms with Crippen molar-refractivity contribution >= 4 is 24.3 Å². The zero-order chi connectivity index (χ0) is 10.8. The fourth-order valence-electron chi connectivity index (χ4n) is 1.86. The van der Waals surface area contributed by atoms with Crippen LogP contribution in [0.25, 0.3) is 0 Å². The second-order valence-electron chi connectivity index (χ2n) is 3.64. The first-order chi connectivity index (χ1) is 7.24. The van der Waals surface area contributed by atoms with E-state index in [4.69, 9.17) is 0 Å². The quantitative estimate of drug-likeness (QED) is 0.760. The molecule has 0 N–H and O–H groups in total. The number of carbonyl (C=O) groups is 1. The van der Waals surface area contributed by atoms with Gasteiger partial charge in [-0.3, -0.25) is 4.90 Å². The summed E-state index contributed by atoms with van der Waals surface area (Å²) in [6, 6.07) is 8.07. The largest absolute Gasteiger partial charge is 0.324 e. The van der Waals surface area contributed by atoms with Crippen molar-refractivity contribution in [1.29, 1.82) is 0 Å². The van der Waals surface area contributed by atoms with Gasteiger partial charge in [-0.05, 0) is 11.6 Å². The molecule has 0 saturated heterocycles. The maximum atomic E-state index is 11.9. The summed E-state index contributed by atoms with van der Waals surface area (Å²) < 4.78 is 0. The van der Waals surface area contributed by atoms with E-state index in [-0.39, 0.29) is 6.03 Å². The SMILES string of the molecule is CN1Cc2ccccc2N(CCS)C1=O. The van der Waals surface area contributed by atoms with Gasteiger partial charge in [0.15, 0.2) is 0 Å². The van der Waals surface area contributed by atoms with Crippen LogP contribution in [-0.4, -0.2) is 30.3 Å². The molecule has 1 aromatic rings. The summed E-state index contributed by atoms with van der Waals surface area (Å²) in [4.78, 5) is 15.4. The lowest BCUT2D eigenvalue weighted by Gasteiger charge is -2.34. The lowest BCUT2D eigenvalue weighted by Crippen LogP contribution is -2.46. The van der Waals surface area contributed by atoms with Gasteiger partial charge in [-0.25, -0.2) is 4.79 Å². The van der Waals surface area contributed by atoms with E-state index in [1.54, 1.807) is 9.80 Å². The van der Waals surface area contributed by atoms with Crippen LogP contribution >= 0.6 is 12.6 Å². The average Bonchev–Trinajstić information content (AvgIpc) is 2.25. The Bertz CT molecular complexity index is 381. The topological polar surface area (TPSA) is 23.6 Å². The van der Waals surface area contributed by atoms with Crippen LogP contribution in [0.2, 0.25) is 0 Å². The highest BCUT2D eigenvalue weighted by Gasteiger charge is 2.26. The van der Waals surface area contributed by atoms with Crippen molar-refractivity contribution in [2.45, 2.75) is 6.54 Å². The molecule has 0 bridgehead atoms. The Labute approximate surface area is 95.1 Å². The molecule has 2 rings (SSSR count). The number of rotatable bonds is 2. The van der Waals surface area contributed by atoms with Gasteiger partial charge in [0.05, 0.1) is 5.69 Å². The summed E-state index contributed by atoms with van der Waals surface area (Å²) in [5.41, 5.74) is 2.22. The van der Waals surface area contributed by atoms with Gasteiger partial charge < -0.3 is 4.90 Å². The van der Waals surface area contributed by atoms with E-state index in [9.17, 15) is 4.79 Å². The van der Waals surface area contributed by atoms with E-state index in [1.165, 1.54) is 5.56 Å². The average molecular weight is 222 g/mol. The van der Waals surface area contributed by atoms with Gasteiger partial charge >= 0.3 is 6.03 Å². The summed E-state index contributed by atoms with van der Waals surface area (Å²) in [7, 11) is 1.82. The van der Waals surface area contributed by atoms with Crippen LogP contribution in [0.3, 0.4) is 0 Å². The molecule has 0 spiro atoms. The van der Waals surface area contributed by atoms with Crippen LogP contribution < -0.4 is 4.90 Å². The maximum absolute atomic E-state index is 11.9. The summed E-state index contributed by atoms with van der Waals surface area (Å²) in [5.74, 6) is 0.675. The normalized spacial score (nSPS) is 15.5. The molecule has 4 heteroatoms. The first-order valence-electron chi connectivity index (χ1n) is 4.95. The van der Waals surface area contributed by atoms with Crippen LogP contribution in [0.15, 0.2) is 24.3 Å². The van der Waals surface area contributed by atoms with Crippen molar-refractivity contribution < 1.29 is 4.79 Å². The fraction of sp³-hybridized carbons (Fsp3) is 0.364. The van der Waals surface area contributed by atoms with Gasteiger partial charge in [-0.2, -0.15) is 12.6 Å². The number of thiol groups is 1. The second kappa shape index (κ2) is 4.14. The number of hydrogen-bond donors (Lipinski definition) is 1. The number of hydrogen-bond acceptors (Lipinski definition) is 2. The first-order valence-corrected chi connectivity index (χ1v) is 5.58. The molecule has 2 amide bonds. The molecule has 0 atom stereocenters. The molecule has 1 aromatic carbocycles. The Morgan fingerprint density at radius 2 is 2.13 bits per heavy atom. The highest BCUT2D eigenvalue weighted by Crippen LogP contribution is 2.27. The Balaban J connectivity index is 2.40. The van der Waals surface area contributed by atoms with Gasteiger partial charge in [0, 0.05) is 25.9 Å². The predicted octanol–water partition coefficient (Wildman–Crippen LogP) is 1.99. The molecule has 15 heavy (non-hydrogen) atoms. The monoisotopic (exact) mass is 222 g/mol. The second-order valence-corrected chi connectivity index (χ2v) is 4.09. The standard InChI is InChI=1S/C11H14N2OS/c1-12-8-9-4-2-3-5-10(9)13(6-7-15)11(12)14/h2-5,15H,6-8H2,1H3. The lowest BCUT2D eigenvalue weighted by atomic mass is 10.1. The minimum atomic E-state index is 0.0581. The number of urea groups is 1. The molecule has 1 heterocycles. The van der Waals surface area contributed by atoms with Crippen molar-refractivity contribution in [3.63, 3.8) is 0 Å². The van der Waals surface area contributed by atoms with Crippen LogP contribution in [0, 0.1) is 0 Å². The highest BCUT2D eigenvalue weighted by molar-refractivity contribution is 7.80. The van der Waals surface area contributed by atoms with E-state index < -0.39 is 0 Å². The van der Waals surface area contributed by atoms with Crippen molar-refractivity contribution in [2.75, 3.05) is 24.2 Å².